The van der Waals surface area contributed by atoms with Gasteiger partial charge in [-0.25, -0.2) is 4.79 Å². The summed E-state index contributed by atoms with van der Waals surface area (Å²) in [5.41, 5.74) is 1.72. The fourth-order valence-corrected chi connectivity index (χ4v) is 1.75. The van der Waals surface area contributed by atoms with Crippen LogP contribution >= 0.6 is 0 Å². The Morgan fingerprint density at radius 2 is 1.88 bits per heavy atom. The van der Waals surface area contributed by atoms with Crippen LogP contribution in [0.3, 0.4) is 0 Å². The SMILES string of the molecule is CO[C@@H]1O[C@H](OC)c2ccc(C(=O)O)cc21. The number of ether oxygens (including phenoxy) is 3. The Hall–Kier alpha value is -1.43. The predicted molar refractivity (Wildman–Crippen MR) is 54.0 cm³/mol. The topological polar surface area (TPSA) is 65.0 Å². The second-order valence-corrected chi connectivity index (χ2v) is 3.42. The molecule has 1 heterocycles. The molecule has 0 unspecified atom stereocenters. The van der Waals surface area contributed by atoms with Gasteiger partial charge >= 0.3 is 5.97 Å². The van der Waals surface area contributed by atoms with Gasteiger partial charge in [0.1, 0.15) is 0 Å². The largest absolute Gasteiger partial charge is 0.478 e. The van der Waals surface area contributed by atoms with Crippen molar-refractivity contribution in [3.63, 3.8) is 0 Å². The number of benzene rings is 1. The molecule has 86 valence electrons. The molecule has 0 amide bonds. The number of carboxylic acids is 1. The summed E-state index contributed by atoms with van der Waals surface area (Å²) in [5.74, 6) is -0.974. The molecule has 0 radical (unpaired) electrons. The quantitative estimate of drug-likeness (QED) is 0.846. The molecule has 16 heavy (non-hydrogen) atoms. The molecular weight excluding hydrogens is 212 g/mol. The average Bonchev–Trinajstić information content (AvgIpc) is 2.65. The standard InChI is InChI=1S/C11H12O5/c1-14-10-7-4-3-6(9(12)13)5-8(7)11(15-2)16-10/h3-5,10-11H,1-2H3,(H,12,13)/t10-,11+/m0/s1. The highest BCUT2D eigenvalue weighted by Gasteiger charge is 2.32. The minimum Gasteiger partial charge on any atom is -0.478 e. The molecule has 2 rings (SSSR count). The van der Waals surface area contributed by atoms with Crippen LogP contribution in [0.2, 0.25) is 0 Å². The Balaban J connectivity index is 2.44. The predicted octanol–water partition coefficient (Wildman–Crippen LogP) is 1.71. The first-order valence-electron chi connectivity index (χ1n) is 4.75. The zero-order chi connectivity index (χ0) is 11.7. The molecule has 1 aromatic carbocycles. The molecule has 1 aliphatic heterocycles. The van der Waals surface area contributed by atoms with Crippen molar-refractivity contribution in [2.75, 3.05) is 14.2 Å². The lowest BCUT2D eigenvalue weighted by Crippen LogP contribution is -2.02. The molecule has 1 aliphatic rings. The van der Waals surface area contributed by atoms with Gasteiger partial charge in [0.15, 0.2) is 12.6 Å². The second-order valence-electron chi connectivity index (χ2n) is 3.42. The number of hydrogen-bond donors (Lipinski definition) is 1. The van der Waals surface area contributed by atoms with Gasteiger partial charge in [-0.3, -0.25) is 0 Å². The van der Waals surface area contributed by atoms with Crippen molar-refractivity contribution in [2.24, 2.45) is 0 Å². The molecule has 0 fully saturated rings. The lowest BCUT2D eigenvalue weighted by Gasteiger charge is -2.10. The normalized spacial score (nSPS) is 23.1. The maximum Gasteiger partial charge on any atom is 0.335 e. The fraction of sp³-hybridized carbons (Fsp3) is 0.364. The summed E-state index contributed by atoms with van der Waals surface area (Å²) >= 11 is 0. The summed E-state index contributed by atoms with van der Waals surface area (Å²) < 4.78 is 15.7. The van der Waals surface area contributed by atoms with Crippen LogP contribution in [0.5, 0.6) is 0 Å². The van der Waals surface area contributed by atoms with E-state index in [9.17, 15) is 4.79 Å². The van der Waals surface area contributed by atoms with Crippen LogP contribution in [0.1, 0.15) is 34.1 Å². The molecule has 2 atom stereocenters. The second kappa shape index (κ2) is 4.21. The van der Waals surface area contributed by atoms with Gasteiger partial charge in [-0.05, 0) is 12.1 Å². The number of fused-ring (bicyclic) bond motifs is 1. The van der Waals surface area contributed by atoms with E-state index >= 15 is 0 Å². The van der Waals surface area contributed by atoms with Crippen molar-refractivity contribution in [3.8, 4) is 0 Å². The lowest BCUT2D eigenvalue weighted by molar-refractivity contribution is -0.217. The van der Waals surface area contributed by atoms with E-state index in [-0.39, 0.29) is 5.56 Å². The first-order valence-corrected chi connectivity index (χ1v) is 4.75. The van der Waals surface area contributed by atoms with Crippen molar-refractivity contribution in [3.05, 3.63) is 34.9 Å². The highest BCUT2D eigenvalue weighted by molar-refractivity contribution is 5.88. The van der Waals surface area contributed by atoms with Gasteiger partial charge in [0.25, 0.3) is 0 Å². The van der Waals surface area contributed by atoms with Crippen LogP contribution in [0.25, 0.3) is 0 Å². The van der Waals surface area contributed by atoms with Crippen molar-refractivity contribution in [1.29, 1.82) is 0 Å². The molecule has 1 N–H and O–H groups in total. The van der Waals surface area contributed by atoms with Crippen LogP contribution in [0.15, 0.2) is 18.2 Å². The summed E-state index contributed by atoms with van der Waals surface area (Å²) in [4.78, 5) is 10.8. The Morgan fingerprint density at radius 3 is 2.44 bits per heavy atom. The first-order chi connectivity index (χ1) is 7.67. The average molecular weight is 224 g/mol. The molecule has 0 aliphatic carbocycles. The molecular formula is C11H12O5. The van der Waals surface area contributed by atoms with E-state index in [2.05, 4.69) is 0 Å². The van der Waals surface area contributed by atoms with Crippen molar-refractivity contribution < 1.29 is 24.1 Å². The Labute approximate surface area is 92.5 Å². The summed E-state index contributed by atoms with van der Waals surface area (Å²) in [6, 6.07) is 4.76. The molecule has 5 heteroatoms. The Bertz CT molecular complexity index is 415. The number of methoxy groups -OCH3 is 2. The van der Waals surface area contributed by atoms with Crippen LogP contribution in [0, 0.1) is 0 Å². The van der Waals surface area contributed by atoms with Gasteiger partial charge in [0.2, 0.25) is 0 Å². The summed E-state index contributed by atoms with van der Waals surface area (Å²) in [5, 5.41) is 8.89. The zero-order valence-corrected chi connectivity index (χ0v) is 8.97. The molecule has 0 aromatic heterocycles. The van der Waals surface area contributed by atoms with Gasteiger partial charge in [-0.1, -0.05) is 6.07 Å². The van der Waals surface area contributed by atoms with Gasteiger partial charge in [-0.15, -0.1) is 0 Å². The van der Waals surface area contributed by atoms with E-state index in [0.717, 1.165) is 5.56 Å². The smallest absolute Gasteiger partial charge is 0.335 e. The van der Waals surface area contributed by atoms with E-state index in [1.54, 1.807) is 12.1 Å². The molecule has 0 bridgehead atoms. The van der Waals surface area contributed by atoms with Gasteiger partial charge in [-0.2, -0.15) is 0 Å². The molecule has 0 saturated carbocycles. The maximum atomic E-state index is 10.8. The first kappa shape index (κ1) is 11.1. The zero-order valence-electron chi connectivity index (χ0n) is 8.97. The van der Waals surface area contributed by atoms with E-state index in [0.29, 0.717) is 5.56 Å². The maximum absolute atomic E-state index is 10.8. The third-order valence-electron chi connectivity index (χ3n) is 2.52. The third-order valence-corrected chi connectivity index (χ3v) is 2.52. The number of rotatable bonds is 3. The summed E-state index contributed by atoms with van der Waals surface area (Å²) in [7, 11) is 3.03. The minimum atomic E-state index is -0.974. The Morgan fingerprint density at radius 1 is 1.25 bits per heavy atom. The molecule has 5 nitrogen and oxygen atoms in total. The third kappa shape index (κ3) is 1.69. The van der Waals surface area contributed by atoms with Gasteiger partial charge < -0.3 is 19.3 Å². The number of hydrogen-bond acceptors (Lipinski definition) is 4. The van der Waals surface area contributed by atoms with Crippen molar-refractivity contribution in [2.45, 2.75) is 12.6 Å². The van der Waals surface area contributed by atoms with E-state index in [4.69, 9.17) is 19.3 Å². The summed E-state index contributed by atoms with van der Waals surface area (Å²) in [6.45, 7) is 0. The van der Waals surface area contributed by atoms with Gasteiger partial charge in [0.05, 0.1) is 5.56 Å². The van der Waals surface area contributed by atoms with E-state index < -0.39 is 18.5 Å². The molecule has 1 aromatic rings. The lowest BCUT2D eigenvalue weighted by atomic mass is 10.0. The fourth-order valence-electron chi connectivity index (χ4n) is 1.75. The monoisotopic (exact) mass is 224 g/mol. The van der Waals surface area contributed by atoms with Crippen LogP contribution in [-0.4, -0.2) is 25.3 Å². The van der Waals surface area contributed by atoms with Crippen LogP contribution < -0.4 is 0 Å². The van der Waals surface area contributed by atoms with Crippen LogP contribution in [-0.2, 0) is 14.2 Å². The van der Waals surface area contributed by atoms with Crippen molar-refractivity contribution in [1.82, 2.24) is 0 Å². The van der Waals surface area contributed by atoms with E-state index in [1.165, 1.54) is 20.3 Å². The van der Waals surface area contributed by atoms with Crippen molar-refractivity contribution >= 4 is 5.97 Å². The minimum absolute atomic E-state index is 0.209. The number of carbonyl (C=O) groups is 1. The van der Waals surface area contributed by atoms with Gasteiger partial charge in [0, 0.05) is 25.3 Å². The van der Waals surface area contributed by atoms with Crippen LogP contribution in [0.4, 0.5) is 0 Å². The highest BCUT2D eigenvalue weighted by atomic mass is 16.8. The summed E-state index contributed by atoms with van der Waals surface area (Å²) in [6.07, 6.45) is -1.07. The molecule has 0 spiro atoms. The van der Waals surface area contributed by atoms with E-state index in [1.807, 2.05) is 0 Å². The molecule has 0 saturated heterocycles. The highest BCUT2D eigenvalue weighted by Crippen LogP contribution is 2.39. The number of aromatic carboxylic acids is 1. The number of carboxylic acid groups (broad SMARTS) is 1. The Kier molecular flexibility index (Phi) is 2.91.